The Bertz CT molecular complexity index is 411. The normalized spacial score (nSPS) is 12.4. The van der Waals surface area contributed by atoms with E-state index in [1.54, 1.807) is 0 Å². The van der Waals surface area contributed by atoms with Crippen molar-refractivity contribution < 1.29 is 4.79 Å². The molecule has 0 radical (unpaired) electrons. The molecule has 0 aromatic heterocycles. The zero-order chi connectivity index (χ0) is 15.7. The molecule has 0 spiro atoms. The van der Waals surface area contributed by atoms with Crippen LogP contribution in [0.15, 0.2) is 24.3 Å². The molecule has 0 heterocycles. The van der Waals surface area contributed by atoms with E-state index >= 15 is 0 Å². The molecule has 0 bridgehead atoms. The van der Waals surface area contributed by atoms with E-state index < -0.39 is 0 Å². The van der Waals surface area contributed by atoms with E-state index in [1.165, 1.54) is 5.56 Å². The Morgan fingerprint density at radius 3 is 2.29 bits per heavy atom. The van der Waals surface area contributed by atoms with Gasteiger partial charge >= 0.3 is 0 Å². The molecule has 4 nitrogen and oxygen atoms in total. The van der Waals surface area contributed by atoms with Gasteiger partial charge in [0, 0.05) is 25.6 Å². The zero-order valence-electron chi connectivity index (χ0n) is 13.6. The lowest BCUT2D eigenvalue weighted by molar-refractivity contribution is -0.121. The van der Waals surface area contributed by atoms with Gasteiger partial charge in [0.1, 0.15) is 0 Å². The highest BCUT2D eigenvalue weighted by atomic mass is 16.1. The second-order valence-corrected chi connectivity index (χ2v) is 5.57. The van der Waals surface area contributed by atoms with Crippen molar-refractivity contribution in [2.24, 2.45) is 5.73 Å². The number of carbonyl (C=O) groups excluding carboxylic acids is 1. The van der Waals surface area contributed by atoms with Gasteiger partial charge in [-0.2, -0.15) is 0 Å². The number of amides is 1. The number of rotatable bonds is 9. The van der Waals surface area contributed by atoms with Crippen LogP contribution in [0.3, 0.4) is 0 Å². The standard InChI is InChI=1S/C17H29N3O/c1-4-20(5-2)13-16-9-7-15(8-10-16)12-19-17(21)11-6-14(3)18/h7-10,14H,4-6,11-13,18H2,1-3H3,(H,19,21). The summed E-state index contributed by atoms with van der Waals surface area (Å²) in [5.41, 5.74) is 8.09. The first kappa shape index (κ1) is 17.7. The lowest BCUT2D eigenvalue weighted by atomic mass is 10.1. The number of benzene rings is 1. The van der Waals surface area contributed by atoms with Crippen LogP contribution in [0.5, 0.6) is 0 Å². The number of nitrogens with two attached hydrogens (primary N) is 1. The number of hydrogen-bond donors (Lipinski definition) is 2. The molecule has 0 saturated carbocycles. The molecule has 0 saturated heterocycles. The predicted octanol–water partition coefficient (Wildman–Crippen LogP) is 2.27. The average molecular weight is 291 g/mol. The second kappa shape index (κ2) is 9.53. The summed E-state index contributed by atoms with van der Waals surface area (Å²) in [6.45, 7) is 9.96. The first-order valence-corrected chi connectivity index (χ1v) is 7.87. The molecular formula is C17H29N3O. The van der Waals surface area contributed by atoms with E-state index in [1.807, 2.05) is 6.92 Å². The molecule has 3 N–H and O–H groups in total. The van der Waals surface area contributed by atoms with Gasteiger partial charge in [0.25, 0.3) is 0 Å². The summed E-state index contributed by atoms with van der Waals surface area (Å²) in [6, 6.07) is 8.54. The Balaban J connectivity index is 2.39. The highest BCUT2D eigenvalue weighted by Crippen LogP contribution is 2.07. The Morgan fingerprint density at radius 1 is 1.19 bits per heavy atom. The Labute approximate surface area is 128 Å². The maximum Gasteiger partial charge on any atom is 0.220 e. The third-order valence-electron chi connectivity index (χ3n) is 3.64. The molecule has 0 aliphatic heterocycles. The van der Waals surface area contributed by atoms with Gasteiger partial charge < -0.3 is 11.1 Å². The van der Waals surface area contributed by atoms with Crippen molar-refractivity contribution in [1.82, 2.24) is 10.2 Å². The van der Waals surface area contributed by atoms with Gasteiger partial charge in [-0.25, -0.2) is 0 Å². The van der Waals surface area contributed by atoms with Crippen LogP contribution < -0.4 is 11.1 Å². The Morgan fingerprint density at radius 2 is 1.76 bits per heavy atom. The van der Waals surface area contributed by atoms with E-state index in [0.29, 0.717) is 13.0 Å². The van der Waals surface area contributed by atoms with Gasteiger partial charge in [0.15, 0.2) is 0 Å². The number of nitrogens with one attached hydrogen (secondary N) is 1. The molecule has 118 valence electrons. The van der Waals surface area contributed by atoms with E-state index in [9.17, 15) is 4.79 Å². The molecule has 1 atom stereocenters. The fourth-order valence-corrected chi connectivity index (χ4v) is 2.12. The van der Waals surface area contributed by atoms with Crippen LogP contribution in [0.25, 0.3) is 0 Å². The molecule has 0 aliphatic rings. The van der Waals surface area contributed by atoms with Crippen LogP contribution in [-0.4, -0.2) is 29.9 Å². The maximum absolute atomic E-state index is 11.6. The smallest absolute Gasteiger partial charge is 0.220 e. The first-order valence-electron chi connectivity index (χ1n) is 7.87. The zero-order valence-corrected chi connectivity index (χ0v) is 13.6. The molecule has 0 aliphatic carbocycles. The largest absolute Gasteiger partial charge is 0.352 e. The molecular weight excluding hydrogens is 262 g/mol. The molecule has 0 fully saturated rings. The van der Waals surface area contributed by atoms with Gasteiger partial charge in [-0.1, -0.05) is 38.1 Å². The molecule has 1 aromatic rings. The number of carbonyl (C=O) groups is 1. The number of hydrogen-bond acceptors (Lipinski definition) is 3. The second-order valence-electron chi connectivity index (χ2n) is 5.57. The quantitative estimate of drug-likeness (QED) is 0.734. The number of nitrogens with zero attached hydrogens (tertiary/aromatic N) is 1. The van der Waals surface area contributed by atoms with E-state index in [2.05, 4.69) is 48.3 Å². The van der Waals surface area contributed by atoms with Crippen molar-refractivity contribution in [1.29, 1.82) is 0 Å². The maximum atomic E-state index is 11.6. The SMILES string of the molecule is CCN(CC)Cc1ccc(CNC(=O)CCC(C)N)cc1. The highest BCUT2D eigenvalue weighted by molar-refractivity contribution is 5.75. The van der Waals surface area contributed by atoms with Crippen molar-refractivity contribution in [3.8, 4) is 0 Å². The summed E-state index contributed by atoms with van der Waals surface area (Å²) >= 11 is 0. The van der Waals surface area contributed by atoms with Crippen molar-refractivity contribution in [2.45, 2.75) is 52.7 Å². The van der Waals surface area contributed by atoms with Gasteiger partial charge in [-0.3, -0.25) is 9.69 Å². The van der Waals surface area contributed by atoms with Crippen LogP contribution >= 0.6 is 0 Å². The fraction of sp³-hybridized carbons (Fsp3) is 0.588. The molecule has 21 heavy (non-hydrogen) atoms. The topological polar surface area (TPSA) is 58.4 Å². The minimum atomic E-state index is 0.0690. The Hall–Kier alpha value is -1.39. The molecule has 1 amide bonds. The van der Waals surface area contributed by atoms with Crippen LogP contribution in [-0.2, 0) is 17.9 Å². The molecule has 1 unspecified atom stereocenters. The lowest BCUT2D eigenvalue weighted by Crippen LogP contribution is -2.25. The summed E-state index contributed by atoms with van der Waals surface area (Å²) in [4.78, 5) is 14.0. The monoisotopic (exact) mass is 291 g/mol. The van der Waals surface area contributed by atoms with Gasteiger partial charge in [0.05, 0.1) is 0 Å². The van der Waals surface area contributed by atoms with Crippen molar-refractivity contribution in [3.63, 3.8) is 0 Å². The highest BCUT2D eigenvalue weighted by Gasteiger charge is 2.04. The molecule has 1 aromatic carbocycles. The first-order chi connectivity index (χ1) is 10.0. The van der Waals surface area contributed by atoms with Crippen LogP contribution in [0.1, 0.15) is 44.7 Å². The summed E-state index contributed by atoms with van der Waals surface area (Å²) in [5.74, 6) is 0.0690. The molecule has 1 rings (SSSR count). The Kier molecular flexibility index (Phi) is 8.01. The lowest BCUT2D eigenvalue weighted by Gasteiger charge is -2.18. The van der Waals surface area contributed by atoms with Gasteiger partial charge in [0.2, 0.25) is 5.91 Å². The fourth-order valence-electron chi connectivity index (χ4n) is 2.12. The summed E-state index contributed by atoms with van der Waals surface area (Å²) < 4.78 is 0. The van der Waals surface area contributed by atoms with E-state index in [0.717, 1.165) is 31.6 Å². The third kappa shape index (κ3) is 7.25. The predicted molar refractivity (Wildman–Crippen MR) is 87.8 cm³/mol. The molecule has 4 heteroatoms. The van der Waals surface area contributed by atoms with Crippen molar-refractivity contribution in [2.75, 3.05) is 13.1 Å². The summed E-state index contributed by atoms with van der Waals surface area (Å²) in [6.07, 6.45) is 1.23. The average Bonchev–Trinajstić information content (AvgIpc) is 2.49. The summed E-state index contributed by atoms with van der Waals surface area (Å²) in [5, 5.41) is 2.93. The van der Waals surface area contributed by atoms with Crippen molar-refractivity contribution in [3.05, 3.63) is 35.4 Å². The third-order valence-corrected chi connectivity index (χ3v) is 3.64. The van der Waals surface area contributed by atoms with Gasteiger partial charge in [-0.05, 0) is 37.6 Å². The minimum absolute atomic E-state index is 0.0690. The van der Waals surface area contributed by atoms with Crippen LogP contribution in [0.2, 0.25) is 0 Å². The van der Waals surface area contributed by atoms with E-state index in [4.69, 9.17) is 5.73 Å². The van der Waals surface area contributed by atoms with Crippen LogP contribution in [0, 0.1) is 0 Å². The van der Waals surface area contributed by atoms with Gasteiger partial charge in [-0.15, -0.1) is 0 Å². The summed E-state index contributed by atoms with van der Waals surface area (Å²) in [7, 11) is 0. The van der Waals surface area contributed by atoms with E-state index in [-0.39, 0.29) is 11.9 Å². The minimum Gasteiger partial charge on any atom is -0.352 e. The van der Waals surface area contributed by atoms with Crippen molar-refractivity contribution >= 4 is 5.91 Å². The van der Waals surface area contributed by atoms with Crippen LogP contribution in [0.4, 0.5) is 0 Å².